The van der Waals surface area contributed by atoms with Gasteiger partial charge in [0.25, 0.3) is 5.91 Å². The van der Waals surface area contributed by atoms with Crippen molar-refractivity contribution < 1.29 is 14.3 Å². The zero-order valence-corrected chi connectivity index (χ0v) is 17.8. The Balaban J connectivity index is 1.92. The van der Waals surface area contributed by atoms with Gasteiger partial charge in [-0.1, -0.05) is 0 Å². The average Bonchev–Trinajstić information content (AvgIpc) is 2.60. The number of rotatable bonds is 7. The number of methoxy groups -OCH3 is 2. The lowest BCUT2D eigenvalue weighted by Gasteiger charge is -2.11. The molecule has 6 nitrogen and oxygen atoms in total. The van der Waals surface area contributed by atoms with Crippen LogP contribution < -0.4 is 20.2 Å². The number of benzene rings is 2. The zero-order chi connectivity index (χ0) is 19.1. The highest BCUT2D eigenvalue weighted by molar-refractivity contribution is 9.11. The molecule has 138 valence electrons. The SMILES string of the molecule is COc1ccc(C=NNC(=O)CNc2c(Br)cc(C)cc2Br)cc1OC. The van der Waals surface area contributed by atoms with Gasteiger partial charge in [0, 0.05) is 8.95 Å². The number of halogens is 2. The molecule has 0 radical (unpaired) electrons. The van der Waals surface area contributed by atoms with E-state index in [2.05, 4.69) is 47.7 Å². The van der Waals surface area contributed by atoms with Crippen molar-refractivity contribution in [1.29, 1.82) is 0 Å². The van der Waals surface area contributed by atoms with Crippen molar-refractivity contribution in [2.75, 3.05) is 26.1 Å². The normalized spacial score (nSPS) is 10.7. The molecule has 0 aliphatic carbocycles. The third kappa shape index (κ3) is 5.47. The first-order valence-electron chi connectivity index (χ1n) is 7.68. The second kappa shape index (κ2) is 9.59. The maximum absolute atomic E-state index is 12.0. The Hall–Kier alpha value is -2.06. The summed E-state index contributed by atoms with van der Waals surface area (Å²) in [5, 5.41) is 7.03. The molecule has 26 heavy (non-hydrogen) atoms. The molecule has 0 fully saturated rings. The molecule has 0 unspecified atom stereocenters. The minimum absolute atomic E-state index is 0.0868. The summed E-state index contributed by atoms with van der Waals surface area (Å²) in [6, 6.07) is 9.31. The third-order valence-electron chi connectivity index (χ3n) is 3.42. The highest BCUT2D eigenvalue weighted by Crippen LogP contribution is 2.32. The lowest BCUT2D eigenvalue weighted by atomic mass is 10.2. The van der Waals surface area contributed by atoms with Gasteiger partial charge in [-0.25, -0.2) is 5.43 Å². The summed E-state index contributed by atoms with van der Waals surface area (Å²) < 4.78 is 12.2. The van der Waals surface area contributed by atoms with E-state index in [1.807, 2.05) is 25.1 Å². The summed E-state index contributed by atoms with van der Waals surface area (Å²) >= 11 is 6.96. The van der Waals surface area contributed by atoms with E-state index in [1.165, 1.54) is 6.21 Å². The van der Waals surface area contributed by atoms with Crippen LogP contribution in [0.2, 0.25) is 0 Å². The van der Waals surface area contributed by atoms with Crippen molar-refractivity contribution in [3.05, 3.63) is 50.4 Å². The van der Waals surface area contributed by atoms with Gasteiger partial charge in [-0.3, -0.25) is 4.79 Å². The molecule has 0 aliphatic rings. The molecule has 0 spiro atoms. The summed E-state index contributed by atoms with van der Waals surface area (Å²) in [6.07, 6.45) is 1.54. The molecule has 2 N–H and O–H groups in total. The van der Waals surface area contributed by atoms with Crippen LogP contribution in [0, 0.1) is 6.92 Å². The van der Waals surface area contributed by atoms with Crippen molar-refractivity contribution in [3.8, 4) is 11.5 Å². The molecule has 2 aromatic rings. The predicted octanol–water partition coefficient (Wildman–Crippen LogP) is 4.10. The Bertz CT molecular complexity index is 802. The van der Waals surface area contributed by atoms with E-state index >= 15 is 0 Å². The number of ether oxygens (including phenoxy) is 2. The van der Waals surface area contributed by atoms with Crippen LogP contribution in [-0.2, 0) is 4.79 Å². The number of carbonyl (C=O) groups excluding carboxylic acids is 1. The minimum atomic E-state index is -0.263. The van der Waals surface area contributed by atoms with Crippen molar-refractivity contribution >= 4 is 49.7 Å². The zero-order valence-electron chi connectivity index (χ0n) is 14.6. The van der Waals surface area contributed by atoms with Crippen LogP contribution in [0.5, 0.6) is 11.5 Å². The number of hydrazone groups is 1. The van der Waals surface area contributed by atoms with Gasteiger partial charge in [0.2, 0.25) is 0 Å². The van der Waals surface area contributed by atoms with E-state index in [-0.39, 0.29) is 12.5 Å². The molecule has 0 bridgehead atoms. The summed E-state index contributed by atoms with van der Waals surface area (Å²) in [5.74, 6) is 0.965. The van der Waals surface area contributed by atoms with Crippen LogP contribution in [-0.4, -0.2) is 32.9 Å². The second-order valence-electron chi connectivity index (χ2n) is 5.36. The van der Waals surface area contributed by atoms with E-state index in [9.17, 15) is 4.79 Å². The molecule has 1 amide bonds. The molecule has 0 saturated carbocycles. The highest BCUT2D eigenvalue weighted by Gasteiger charge is 2.08. The lowest BCUT2D eigenvalue weighted by Crippen LogP contribution is -2.26. The smallest absolute Gasteiger partial charge is 0.259 e. The maximum atomic E-state index is 12.0. The van der Waals surface area contributed by atoms with Crippen LogP contribution >= 0.6 is 31.9 Å². The number of amides is 1. The van der Waals surface area contributed by atoms with Gasteiger partial charge in [0.05, 0.1) is 32.7 Å². The molecule has 0 heterocycles. The standard InChI is InChI=1S/C18H19Br2N3O3/c1-11-6-13(19)18(14(20)7-11)21-10-17(24)23-22-9-12-4-5-15(25-2)16(8-12)26-3/h4-9,21H,10H2,1-3H3,(H,23,24). The summed E-state index contributed by atoms with van der Waals surface area (Å²) in [7, 11) is 3.14. The molecule has 0 aromatic heterocycles. The average molecular weight is 485 g/mol. The fourth-order valence-electron chi connectivity index (χ4n) is 2.19. The van der Waals surface area contributed by atoms with Gasteiger partial charge in [-0.15, -0.1) is 0 Å². The van der Waals surface area contributed by atoms with Crippen LogP contribution in [0.25, 0.3) is 0 Å². The third-order valence-corrected chi connectivity index (χ3v) is 4.67. The van der Waals surface area contributed by atoms with Crippen molar-refractivity contribution in [3.63, 3.8) is 0 Å². The van der Waals surface area contributed by atoms with Crippen molar-refractivity contribution in [2.24, 2.45) is 5.10 Å². The Labute approximate surface area is 169 Å². The van der Waals surface area contributed by atoms with Gasteiger partial charge < -0.3 is 14.8 Å². The number of carbonyl (C=O) groups is 1. The molecule has 0 saturated heterocycles. The Morgan fingerprint density at radius 2 is 1.77 bits per heavy atom. The molecule has 2 rings (SSSR count). The topological polar surface area (TPSA) is 72.0 Å². The van der Waals surface area contributed by atoms with Crippen LogP contribution in [0.4, 0.5) is 5.69 Å². The van der Waals surface area contributed by atoms with E-state index < -0.39 is 0 Å². The number of anilines is 1. The van der Waals surface area contributed by atoms with E-state index in [1.54, 1.807) is 26.4 Å². The minimum Gasteiger partial charge on any atom is -0.493 e. The number of nitrogens with zero attached hydrogens (tertiary/aromatic N) is 1. The monoisotopic (exact) mass is 483 g/mol. The number of nitrogens with one attached hydrogen (secondary N) is 2. The fourth-order valence-corrected chi connectivity index (χ4v) is 3.88. The van der Waals surface area contributed by atoms with Crippen molar-refractivity contribution in [2.45, 2.75) is 6.92 Å². The van der Waals surface area contributed by atoms with Crippen LogP contribution in [0.1, 0.15) is 11.1 Å². The Morgan fingerprint density at radius 1 is 1.12 bits per heavy atom. The van der Waals surface area contributed by atoms with E-state index in [0.29, 0.717) is 11.5 Å². The molecular formula is C18H19Br2N3O3. The highest BCUT2D eigenvalue weighted by atomic mass is 79.9. The van der Waals surface area contributed by atoms with E-state index in [4.69, 9.17) is 9.47 Å². The number of aryl methyl sites for hydroxylation is 1. The largest absolute Gasteiger partial charge is 0.493 e. The van der Waals surface area contributed by atoms with Gasteiger partial charge in [0.1, 0.15) is 0 Å². The van der Waals surface area contributed by atoms with Crippen LogP contribution in [0.3, 0.4) is 0 Å². The fraction of sp³-hybridized carbons (Fsp3) is 0.222. The number of hydrogen-bond acceptors (Lipinski definition) is 5. The predicted molar refractivity (Wildman–Crippen MR) is 110 cm³/mol. The first-order chi connectivity index (χ1) is 12.4. The van der Waals surface area contributed by atoms with Gasteiger partial charge >= 0.3 is 0 Å². The van der Waals surface area contributed by atoms with E-state index in [0.717, 1.165) is 25.8 Å². The number of hydrogen-bond donors (Lipinski definition) is 2. The maximum Gasteiger partial charge on any atom is 0.259 e. The molecule has 0 atom stereocenters. The van der Waals surface area contributed by atoms with Gasteiger partial charge in [0.15, 0.2) is 11.5 Å². The van der Waals surface area contributed by atoms with Crippen LogP contribution in [0.15, 0.2) is 44.4 Å². The summed E-state index contributed by atoms with van der Waals surface area (Å²) in [5.41, 5.74) is 5.18. The summed E-state index contributed by atoms with van der Waals surface area (Å²) in [4.78, 5) is 12.0. The van der Waals surface area contributed by atoms with Gasteiger partial charge in [-0.05, 0) is 80.2 Å². The first kappa shape index (κ1) is 20.3. The lowest BCUT2D eigenvalue weighted by molar-refractivity contribution is -0.119. The molecular weight excluding hydrogens is 466 g/mol. The quantitative estimate of drug-likeness (QED) is 0.458. The Morgan fingerprint density at radius 3 is 2.38 bits per heavy atom. The molecule has 2 aromatic carbocycles. The summed E-state index contributed by atoms with van der Waals surface area (Å²) in [6.45, 7) is 2.08. The Kier molecular flexibility index (Phi) is 7.47. The van der Waals surface area contributed by atoms with Gasteiger partial charge in [-0.2, -0.15) is 5.10 Å². The molecule has 0 aliphatic heterocycles. The van der Waals surface area contributed by atoms with Crippen molar-refractivity contribution in [1.82, 2.24) is 5.43 Å². The first-order valence-corrected chi connectivity index (χ1v) is 9.26. The second-order valence-corrected chi connectivity index (χ2v) is 7.07. The molecule has 8 heteroatoms.